The van der Waals surface area contributed by atoms with E-state index in [0.29, 0.717) is 6.54 Å². The predicted octanol–water partition coefficient (Wildman–Crippen LogP) is 2.93. The number of benzene rings is 1. The number of hydrogen-bond donors (Lipinski definition) is 3. The number of carboxylic acids is 1. The second kappa shape index (κ2) is 6.34. The molecule has 0 aromatic heterocycles. The minimum atomic E-state index is -1.37. The lowest BCUT2D eigenvalue weighted by Crippen LogP contribution is -2.46. The number of carboxylic acid groups (broad SMARTS) is 1. The van der Waals surface area contributed by atoms with Gasteiger partial charge in [-0.05, 0) is 37.3 Å². The van der Waals surface area contributed by atoms with Gasteiger partial charge in [0.25, 0.3) is 0 Å². The number of aromatic carboxylic acids is 1. The van der Waals surface area contributed by atoms with Crippen molar-refractivity contribution in [2.24, 2.45) is 0 Å². The lowest BCUT2D eigenvalue weighted by Gasteiger charge is -2.40. The fourth-order valence-corrected chi connectivity index (χ4v) is 3.12. The van der Waals surface area contributed by atoms with E-state index in [1.165, 1.54) is 12.5 Å². The highest BCUT2D eigenvalue weighted by Gasteiger charge is 2.36. The van der Waals surface area contributed by atoms with Gasteiger partial charge < -0.3 is 15.7 Å². The number of halogens is 1. The summed E-state index contributed by atoms with van der Waals surface area (Å²) in [4.78, 5) is 22.6. The van der Waals surface area contributed by atoms with E-state index in [1.807, 2.05) is 6.26 Å². The van der Waals surface area contributed by atoms with Gasteiger partial charge in [-0.3, -0.25) is 0 Å². The van der Waals surface area contributed by atoms with Crippen LogP contribution >= 0.6 is 11.8 Å². The summed E-state index contributed by atoms with van der Waals surface area (Å²) in [6, 6.07) is 3.03. The Morgan fingerprint density at radius 2 is 2.14 bits per heavy atom. The number of amides is 2. The Hall–Kier alpha value is -1.76. The first-order valence-corrected chi connectivity index (χ1v) is 7.81. The van der Waals surface area contributed by atoms with Crippen molar-refractivity contribution in [1.29, 1.82) is 0 Å². The minimum Gasteiger partial charge on any atom is -0.478 e. The van der Waals surface area contributed by atoms with Gasteiger partial charge in [0.15, 0.2) is 0 Å². The van der Waals surface area contributed by atoms with E-state index in [0.717, 1.165) is 25.0 Å². The molecule has 21 heavy (non-hydrogen) atoms. The average molecular weight is 312 g/mol. The average Bonchev–Trinajstić information content (AvgIpc) is 2.40. The largest absolute Gasteiger partial charge is 0.478 e. The van der Waals surface area contributed by atoms with Crippen LogP contribution in [0.3, 0.4) is 0 Å². The Kier molecular flexibility index (Phi) is 4.72. The van der Waals surface area contributed by atoms with Crippen LogP contribution < -0.4 is 10.6 Å². The van der Waals surface area contributed by atoms with Crippen LogP contribution in [-0.4, -0.2) is 34.7 Å². The summed E-state index contributed by atoms with van der Waals surface area (Å²) in [6.45, 7) is 0.562. The van der Waals surface area contributed by atoms with Crippen molar-refractivity contribution in [3.8, 4) is 0 Å². The van der Waals surface area contributed by atoms with Gasteiger partial charge in [0, 0.05) is 17.0 Å². The Labute approximate surface area is 126 Å². The van der Waals surface area contributed by atoms with Crippen LogP contribution in [-0.2, 0) is 0 Å². The molecule has 2 rings (SSSR count). The molecule has 7 heteroatoms. The summed E-state index contributed by atoms with van der Waals surface area (Å²) in [6.07, 6.45) is 5.35. The Morgan fingerprint density at radius 3 is 2.67 bits per heavy atom. The van der Waals surface area contributed by atoms with Gasteiger partial charge in [0.1, 0.15) is 5.82 Å². The summed E-state index contributed by atoms with van der Waals surface area (Å²) in [5, 5.41) is 14.1. The lowest BCUT2D eigenvalue weighted by molar-refractivity contribution is 0.0692. The molecule has 1 fully saturated rings. The van der Waals surface area contributed by atoms with E-state index in [2.05, 4.69) is 10.6 Å². The SMILES string of the molecule is CSC1(CNC(=O)Nc2ccc(F)c(C(=O)O)c2)CCC1. The van der Waals surface area contributed by atoms with Gasteiger partial charge in [-0.15, -0.1) is 0 Å². The molecule has 3 N–H and O–H groups in total. The number of rotatable bonds is 5. The molecule has 1 aliphatic rings. The van der Waals surface area contributed by atoms with Gasteiger partial charge in [-0.25, -0.2) is 14.0 Å². The zero-order chi connectivity index (χ0) is 15.5. The van der Waals surface area contributed by atoms with Crippen LogP contribution in [0.25, 0.3) is 0 Å². The van der Waals surface area contributed by atoms with E-state index < -0.39 is 23.4 Å². The third-order valence-electron chi connectivity index (χ3n) is 3.72. The molecule has 0 heterocycles. The summed E-state index contributed by atoms with van der Waals surface area (Å²) >= 11 is 1.75. The maximum absolute atomic E-state index is 13.2. The molecular formula is C14H17FN2O3S. The standard InChI is InChI=1S/C14H17FN2O3S/c1-21-14(5-2-6-14)8-16-13(20)17-9-3-4-11(15)10(7-9)12(18)19/h3-4,7H,2,5-6,8H2,1H3,(H,18,19)(H2,16,17,20). The second-order valence-corrected chi connectivity index (χ2v) is 6.32. The molecule has 0 saturated heterocycles. The Morgan fingerprint density at radius 1 is 1.43 bits per heavy atom. The van der Waals surface area contributed by atoms with Crippen molar-refractivity contribution >= 4 is 29.4 Å². The van der Waals surface area contributed by atoms with E-state index in [9.17, 15) is 14.0 Å². The Bertz CT molecular complexity index is 556. The van der Waals surface area contributed by atoms with Crippen molar-refractivity contribution in [3.63, 3.8) is 0 Å². The molecule has 1 aromatic rings. The fraction of sp³-hybridized carbons (Fsp3) is 0.429. The summed E-state index contributed by atoms with van der Waals surface area (Å²) in [5.74, 6) is -2.20. The van der Waals surface area contributed by atoms with Crippen LogP contribution in [0, 0.1) is 5.82 Å². The molecule has 0 unspecified atom stereocenters. The van der Waals surface area contributed by atoms with Crippen LogP contribution in [0.4, 0.5) is 14.9 Å². The maximum atomic E-state index is 13.2. The third-order valence-corrected chi connectivity index (χ3v) is 5.14. The highest BCUT2D eigenvalue weighted by molar-refractivity contribution is 8.00. The quantitative estimate of drug-likeness (QED) is 0.781. The van der Waals surface area contributed by atoms with Crippen molar-refractivity contribution < 1.29 is 19.1 Å². The zero-order valence-corrected chi connectivity index (χ0v) is 12.4. The molecule has 114 valence electrons. The van der Waals surface area contributed by atoms with E-state index >= 15 is 0 Å². The smallest absolute Gasteiger partial charge is 0.338 e. The van der Waals surface area contributed by atoms with Crippen LogP contribution in [0.2, 0.25) is 0 Å². The van der Waals surface area contributed by atoms with Crippen molar-refractivity contribution in [2.45, 2.75) is 24.0 Å². The maximum Gasteiger partial charge on any atom is 0.338 e. The molecule has 1 saturated carbocycles. The number of thioether (sulfide) groups is 1. The zero-order valence-electron chi connectivity index (χ0n) is 11.6. The molecule has 0 aliphatic heterocycles. The van der Waals surface area contributed by atoms with Gasteiger partial charge in [-0.1, -0.05) is 6.42 Å². The highest BCUT2D eigenvalue weighted by Crippen LogP contribution is 2.42. The molecule has 0 bridgehead atoms. The summed E-state index contributed by atoms with van der Waals surface area (Å²) in [7, 11) is 0. The molecule has 5 nitrogen and oxygen atoms in total. The molecular weight excluding hydrogens is 295 g/mol. The van der Waals surface area contributed by atoms with Crippen molar-refractivity contribution in [1.82, 2.24) is 5.32 Å². The van der Waals surface area contributed by atoms with Crippen LogP contribution in [0.5, 0.6) is 0 Å². The fourth-order valence-electron chi connectivity index (χ4n) is 2.21. The van der Waals surface area contributed by atoms with Crippen LogP contribution in [0.15, 0.2) is 18.2 Å². The molecule has 2 amide bonds. The van der Waals surface area contributed by atoms with E-state index in [-0.39, 0.29) is 10.4 Å². The van der Waals surface area contributed by atoms with Crippen LogP contribution in [0.1, 0.15) is 29.6 Å². The number of carbonyl (C=O) groups is 2. The minimum absolute atomic E-state index is 0.117. The molecule has 0 radical (unpaired) electrons. The molecule has 0 atom stereocenters. The van der Waals surface area contributed by atoms with Gasteiger partial charge >= 0.3 is 12.0 Å². The van der Waals surface area contributed by atoms with Crippen molar-refractivity contribution in [2.75, 3.05) is 18.1 Å². The third kappa shape index (κ3) is 3.66. The first-order valence-electron chi connectivity index (χ1n) is 6.59. The normalized spacial score (nSPS) is 15.9. The summed E-state index contributed by atoms with van der Waals surface area (Å²) in [5.41, 5.74) is -0.217. The number of nitrogens with one attached hydrogen (secondary N) is 2. The van der Waals surface area contributed by atoms with Gasteiger partial charge in [0.2, 0.25) is 0 Å². The highest BCUT2D eigenvalue weighted by atomic mass is 32.2. The van der Waals surface area contributed by atoms with Gasteiger partial charge in [0.05, 0.1) is 5.56 Å². The second-order valence-electron chi connectivity index (χ2n) is 5.05. The van der Waals surface area contributed by atoms with E-state index in [4.69, 9.17) is 5.11 Å². The lowest BCUT2D eigenvalue weighted by atomic mass is 9.84. The topological polar surface area (TPSA) is 78.4 Å². The van der Waals surface area contributed by atoms with Gasteiger partial charge in [-0.2, -0.15) is 11.8 Å². The predicted molar refractivity (Wildman–Crippen MR) is 80.5 cm³/mol. The Balaban J connectivity index is 1.93. The molecule has 0 spiro atoms. The first kappa shape index (κ1) is 15.6. The summed E-state index contributed by atoms with van der Waals surface area (Å²) < 4.78 is 13.4. The number of anilines is 1. The van der Waals surface area contributed by atoms with Crippen molar-refractivity contribution in [3.05, 3.63) is 29.6 Å². The first-order chi connectivity index (χ1) is 9.96. The molecule has 1 aliphatic carbocycles. The monoisotopic (exact) mass is 312 g/mol. The number of carbonyl (C=O) groups excluding carboxylic acids is 1. The van der Waals surface area contributed by atoms with E-state index in [1.54, 1.807) is 11.8 Å². The number of hydrogen-bond acceptors (Lipinski definition) is 3. The molecule has 1 aromatic carbocycles. The number of urea groups is 1.